The Morgan fingerprint density at radius 3 is 2.20 bits per heavy atom. The fourth-order valence-electron chi connectivity index (χ4n) is 2.35. The van der Waals surface area contributed by atoms with Gasteiger partial charge in [-0.05, 0) is 19.4 Å². The second kappa shape index (κ2) is 12.9. The summed E-state index contributed by atoms with van der Waals surface area (Å²) in [6.45, 7) is 7.31. The van der Waals surface area contributed by atoms with Crippen LogP contribution in [0.1, 0.15) is 19.4 Å². The second-order valence-corrected chi connectivity index (χ2v) is 7.25. The number of hydrogen-bond donors (Lipinski definition) is 5. The summed E-state index contributed by atoms with van der Waals surface area (Å²) in [7, 11) is 0. The van der Waals surface area contributed by atoms with Gasteiger partial charge in [0.05, 0.1) is 38.6 Å². The maximum Gasteiger partial charge on any atom is 0.229 e. The number of rotatable bonds is 15. The molecule has 0 saturated carbocycles. The zero-order valence-electron chi connectivity index (χ0n) is 17.7. The lowest BCUT2D eigenvalue weighted by Crippen LogP contribution is -2.36. The monoisotopic (exact) mass is 419 g/mol. The topological polar surface area (TPSA) is 139 Å². The summed E-state index contributed by atoms with van der Waals surface area (Å²) in [6, 6.07) is 9.98. The van der Waals surface area contributed by atoms with Crippen LogP contribution in [0, 0.1) is 0 Å². The van der Waals surface area contributed by atoms with Gasteiger partial charge in [-0.15, -0.1) is 0 Å². The average Bonchev–Trinajstić information content (AvgIpc) is 2.74. The van der Waals surface area contributed by atoms with Gasteiger partial charge in [0.1, 0.15) is 0 Å². The molecule has 1 heterocycles. The van der Waals surface area contributed by atoms with Gasteiger partial charge < -0.3 is 36.3 Å². The van der Waals surface area contributed by atoms with Gasteiger partial charge in [-0.3, -0.25) is 0 Å². The summed E-state index contributed by atoms with van der Waals surface area (Å²) in [4.78, 5) is 13.2. The van der Waals surface area contributed by atoms with Gasteiger partial charge >= 0.3 is 0 Å². The highest BCUT2D eigenvalue weighted by Gasteiger charge is 2.18. The van der Waals surface area contributed by atoms with Crippen molar-refractivity contribution in [2.75, 3.05) is 62.1 Å². The molecule has 30 heavy (non-hydrogen) atoms. The number of anilines is 3. The molecule has 1 aromatic heterocycles. The quantitative estimate of drug-likeness (QED) is 0.266. The Balaban J connectivity index is 1.93. The first kappa shape index (κ1) is 23.7. The first-order valence-electron chi connectivity index (χ1n) is 10.0. The Morgan fingerprint density at radius 2 is 1.53 bits per heavy atom. The molecule has 2 aromatic rings. The van der Waals surface area contributed by atoms with Crippen LogP contribution in [-0.4, -0.2) is 71.7 Å². The van der Waals surface area contributed by atoms with Crippen molar-refractivity contribution in [2.24, 2.45) is 5.73 Å². The van der Waals surface area contributed by atoms with Gasteiger partial charge in [0, 0.05) is 19.6 Å². The molecule has 0 bridgehead atoms. The van der Waals surface area contributed by atoms with Crippen molar-refractivity contribution in [1.82, 2.24) is 15.0 Å². The van der Waals surface area contributed by atoms with E-state index in [2.05, 4.69) is 30.9 Å². The Labute approximate surface area is 177 Å². The van der Waals surface area contributed by atoms with Crippen molar-refractivity contribution in [3.63, 3.8) is 0 Å². The highest BCUT2D eigenvalue weighted by molar-refractivity contribution is 5.43. The van der Waals surface area contributed by atoms with Gasteiger partial charge in [-0.2, -0.15) is 15.0 Å². The molecule has 0 aliphatic heterocycles. The second-order valence-electron chi connectivity index (χ2n) is 7.25. The number of ether oxygens (including phenoxy) is 2. The Bertz CT molecular complexity index is 732. The van der Waals surface area contributed by atoms with Crippen molar-refractivity contribution >= 4 is 17.8 Å². The lowest BCUT2D eigenvalue weighted by Gasteiger charge is -2.23. The van der Waals surface area contributed by atoms with Crippen LogP contribution in [0.3, 0.4) is 0 Å². The van der Waals surface area contributed by atoms with Crippen molar-refractivity contribution in [1.29, 1.82) is 0 Å². The van der Waals surface area contributed by atoms with Crippen LogP contribution in [0.5, 0.6) is 0 Å². The largest absolute Gasteiger partial charge is 0.394 e. The first-order valence-corrected chi connectivity index (χ1v) is 10.0. The van der Waals surface area contributed by atoms with Crippen molar-refractivity contribution < 1.29 is 14.6 Å². The van der Waals surface area contributed by atoms with Crippen molar-refractivity contribution in [3.05, 3.63) is 35.9 Å². The van der Waals surface area contributed by atoms with Crippen LogP contribution in [0.15, 0.2) is 30.3 Å². The third-order valence-electron chi connectivity index (χ3n) is 3.94. The lowest BCUT2D eigenvalue weighted by molar-refractivity contribution is 0.0547. The first-order chi connectivity index (χ1) is 14.5. The van der Waals surface area contributed by atoms with E-state index in [0.717, 1.165) is 5.56 Å². The van der Waals surface area contributed by atoms with Crippen LogP contribution < -0.4 is 21.7 Å². The molecule has 0 saturated heterocycles. The van der Waals surface area contributed by atoms with E-state index in [0.29, 0.717) is 63.9 Å². The molecule has 2 rings (SSSR count). The zero-order valence-corrected chi connectivity index (χ0v) is 17.7. The van der Waals surface area contributed by atoms with E-state index >= 15 is 0 Å². The standard InChI is InChI=1S/C20H33N7O3/c1-20(2,15-28)27-19-25-17(22-9-11-30-13-12-29-10-8-21)24-18(26-19)23-14-16-6-4-3-5-7-16/h3-7,28H,8-15,21H2,1-2H3,(H3,22,23,24,25,26,27). The SMILES string of the molecule is CC(C)(CO)Nc1nc(NCCOCCOCCN)nc(NCc2ccccc2)n1. The van der Waals surface area contributed by atoms with Gasteiger partial charge in [0.2, 0.25) is 17.8 Å². The number of nitrogens with zero attached hydrogens (tertiary/aromatic N) is 3. The number of hydrogen-bond acceptors (Lipinski definition) is 10. The minimum Gasteiger partial charge on any atom is -0.394 e. The number of aliphatic hydroxyl groups excluding tert-OH is 1. The third kappa shape index (κ3) is 9.31. The molecule has 0 fully saturated rings. The Kier molecular flexibility index (Phi) is 10.2. The van der Waals surface area contributed by atoms with Crippen LogP contribution >= 0.6 is 0 Å². The van der Waals surface area contributed by atoms with Gasteiger partial charge in [0.15, 0.2) is 0 Å². The van der Waals surface area contributed by atoms with E-state index in [9.17, 15) is 5.11 Å². The van der Waals surface area contributed by atoms with Crippen molar-refractivity contribution in [3.8, 4) is 0 Å². The van der Waals surface area contributed by atoms with E-state index in [4.69, 9.17) is 15.2 Å². The van der Waals surface area contributed by atoms with Gasteiger partial charge in [-0.1, -0.05) is 30.3 Å². The highest BCUT2D eigenvalue weighted by Crippen LogP contribution is 2.15. The zero-order chi connectivity index (χ0) is 21.7. The smallest absolute Gasteiger partial charge is 0.229 e. The molecule has 0 unspecified atom stereocenters. The minimum atomic E-state index is -0.567. The van der Waals surface area contributed by atoms with E-state index in [1.165, 1.54) is 0 Å². The molecule has 0 atom stereocenters. The molecule has 0 radical (unpaired) electrons. The molecule has 10 heteroatoms. The Hall–Kier alpha value is -2.53. The van der Waals surface area contributed by atoms with Crippen LogP contribution in [0.25, 0.3) is 0 Å². The summed E-state index contributed by atoms with van der Waals surface area (Å²) in [6.07, 6.45) is 0. The molecule has 1 aromatic carbocycles. The van der Waals surface area contributed by atoms with E-state index in [1.54, 1.807) is 0 Å². The molecule has 0 aliphatic carbocycles. The van der Waals surface area contributed by atoms with Gasteiger partial charge in [-0.25, -0.2) is 0 Å². The fourth-order valence-corrected chi connectivity index (χ4v) is 2.35. The predicted octanol–water partition coefficient (Wildman–Crippen LogP) is 1.07. The van der Waals surface area contributed by atoms with E-state index in [-0.39, 0.29) is 6.61 Å². The highest BCUT2D eigenvalue weighted by atomic mass is 16.5. The number of aromatic nitrogens is 3. The Morgan fingerprint density at radius 1 is 0.900 bits per heavy atom. The van der Waals surface area contributed by atoms with Crippen molar-refractivity contribution in [2.45, 2.75) is 25.9 Å². The summed E-state index contributed by atoms with van der Waals surface area (Å²) in [5.74, 6) is 1.22. The fraction of sp³-hybridized carbons (Fsp3) is 0.550. The maximum atomic E-state index is 9.53. The van der Waals surface area contributed by atoms with E-state index < -0.39 is 5.54 Å². The average molecular weight is 420 g/mol. The minimum absolute atomic E-state index is 0.0612. The summed E-state index contributed by atoms with van der Waals surface area (Å²) in [5.41, 5.74) is 5.91. The van der Waals surface area contributed by atoms with Gasteiger partial charge in [0.25, 0.3) is 0 Å². The normalized spacial score (nSPS) is 11.3. The maximum absolute atomic E-state index is 9.53. The third-order valence-corrected chi connectivity index (χ3v) is 3.94. The molecule has 0 aliphatic rings. The predicted molar refractivity (Wildman–Crippen MR) is 118 cm³/mol. The van der Waals surface area contributed by atoms with Crippen LogP contribution in [-0.2, 0) is 16.0 Å². The molecular weight excluding hydrogens is 386 g/mol. The molecule has 6 N–H and O–H groups in total. The van der Waals surface area contributed by atoms with E-state index in [1.807, 2.05) is 44.2 Å². The summed E-state index contributed by atoms with van der Waals surface area (Å²) < 4.78 is 10.8. The molecule has 166 valence electrons. The number of nitrogens with two attached hydrogens (primary N) is 1. The molecule has 0 spiro atoms. The lowest BCUT2D eigenvalue weighted by atomic mass is 10.1. The molecular formula is C20H33N7O3. The number of nitrogens with one attached hydrogen (secondary N) is 3. The van der Waals surface area contributed by atoms with Crippen LogP contribution in [0.2, 0.25) is 0 Å². The number of benzene rings is 1. The molecule has 10 nitrogen and oxygen atoms in total. The summed E-state index contributed by atoms with van der Waals surface area (Å²) >= 11 is 0. The summed E-state index contributed by atoms with van der Waals surface area (Å²) in [5, 5.41) is 19.0. The van der Waals surface area contributed by atoms with Crippen LogP contribution in [0.4, 0.5) is 17.8 Å². The number of aliphatic hydroxyl groups is 1. The molecule has 0 amide bonds.